The maximum atomic E-state index is 13.9. The minimum atomic E-state index is -4.71. The van der Waals surface area contributed by atoms with Crippen LogP contribution in [0.2, 0.25) is 30.1 Å². The molecular formula is C32H25Cl6O4P. The first-order valence-corrected chi connectivity index (χ1v) is 17.9. The Bertz CT molecular complexity index is 1770. The highest BCUT2D eigenvalue weighted by Crippen LogP contribution is 2.62. The Kier molecular flexibility index (Phi) is 8.20. The number of halogens is 6. The first kappa shape index (κ1) is 30.5. The normalized spacial score (nSPS) is 24.7. The molecule has 0 aromatic heterocycles. The molecule has 1 saturated carbocycles. The van der Waals surface area contributed by atoms with Gasteiger partial charge >= 0.3 is 7.82 Å². The molecule has 4 nitrogen and oxygen atoms in total. The molecule has 0 radical (unpaired) electrons. The number of phosphoric acid groups is 1. The molecule has 2 unspecified atom stereocenters. The van der Waals surface area contributed by atoms with Gasteiger partial charge in [0, 0.05) is 42.7 Å². The van der Waals surface area contributed by atoms with Crippen molar-refractivity contribution in [2.24, 2.45) is 0 Å². The van der Waals surface area contributed by atoms with Crippen LogP contribution in [0.15, 0.2) is 47.6 Å². The van der Waals surface area contributed by atoms with E-state index in [1.54, 1.807) is 24.3 Å². The van der Waals surface area contributed by atoms with Gasteiger partial charge in [0.2, 0.25) is 0 Å². The van der Waals surface area contributed by atoms with Crippen molar-refractivity contribution in [3.8, 4) is 16.9 Å². The highest BCUT2D eigenvalue weighted by Gasteiger charge is 2.47. The molecule has 3 aliphatic carbocycles. The number of hydrogen-bond acceptors (Lipinski definition) is 3. The Balaban J connectivity index is 1.58. The Morgan fingerprint density at radius 3 is 2.05 bits per heavy atom. The van der Waals surface area contributed by atoms with E-state index in [-0.39, 0.29) is 5.75 Å². The lowest BCUT2D eigenvalue weighted by molar-refractivity contribution is 0.166. The fourth-order valence-corrected chi connectivity index (χ4v) is 10.2. The molecule has 1 heterocycles. The third kappa shape index (κ3) is 5.39. The second kappa shape index (κ2) is 11.6. The average Bonchev–Trinajstić information content (AvgIpc) is 3.05. The molecule has 1 fully saturated rings. The number of rotatable bonds is 2. The lowest BCUT2D eigenvalue weighted by Gasteiger charge is -2.37. The van der Waals surface area contributed by atoms with Crippen LogP contribution in [-0.2, 0) is 21.9 Å². The van der Waals surface area contributed by atoms with Gasteiger partial charge in [0.1, 0.15) is 11.9 Å². The van der Waals surface area contributed by atoms with Gasteiger partial charge in [-0.2, -0.15) is 0 Å². The van der Waals surface area contributed by atoms with Crippen molar-refractivity contribution in [1.82, 2.24) is 0 Å². The molecule has 0 bridgehead atoms. The van der Waals surface area contributed by atoms with Crippen molar-refractivity contribution < 1.29 is 18.5 Å². The van der Waals surface area contributed by atoms with Crippen LogP contribution in [0.25, 0.3) is 16.7 Å². The lowest BCUT2D eigenvalue weighted by atomic mass is 9.70. The molecule has 3 aromatic carbocycles. The average molecular weight is 717 g/mol. The van der Waals surface area contributed by atoms with E-state index in [2.05, 4.69) is 6.08 Å². The zero-order valence-corrected chi connectivity index (χ0v) is 28.1. The van der Waals surface area contributed by atoms with Crippen molar-refractivity contribution in [2.75, 3.05) is 0 Å². The largest absolute Gasteiger partial charge is 0.528 e. The summed E-state index contributed by atoms with van der Waals surface area (Å²) in [6.07, 6.45) is 8.48. The molecule has 0 amide bonds. The molecule has 0 saturated heterocycles. The summed E-state index contributed by atoms with van der Waals surface area (Å²) in [5.41, 5.74) is 7.69. The van der Waals surface area contributed by atoms with Crippen LogP contribution in [-0.4, -0.2) is 11.0 Å². The SMILES string of the molecule is O=P1(O)Oc2c(-c3c(Cl)cc(Cl)cc3Cl)cc3c(c2C2=C4CCCCC4=CC(c4c(Cl)cc(Cl)cc4Cl)[C@H]2O1)CCCC3. The number of phosphoric ester groups is 1. The van der Waals surface area contributed by atoms with E-state index < -0.39 is 19.8 Å². The monoisotopic (exact) mass is 714 g/mol. The van der Waals surface area contributed by atoms with E-state index >= 15 is 0 Å². The van der Waals surface area contributed by atoms with E-state index in [1.807, 2.05) is 6.07 Å². The molecule has 11 heteroatoms. The number of allylic oxidation sites excluding steroid dienone is 2. The van der Waals surface area contributed by atoms with E-state index in [0.29, 0.717) is 46.8 Å². The minimum absolute atomic E-state index is 0.237. The molecule has 224 valence electrons. The lowest BCUT2D eigenvalue weighted by Crippen LogP contribution is -2.28. The molecular weight excluding hydrogens is 692 g/mol. The first-order chi connectivity index (χ1) is 20.5. The Hall–Kier alpha value is -1.17. The van der Waals surface area contributed by atoms with Crippen molar-refractivity contribution in [3.05, 3.63) is 99.9 Å². The molecule has 3 aromatic rings. The molecule has 7 rings (SSSR count). The standard InChI is InChI=1S/C32H25Cl6O4P/c33-17-11-23(35)27(24(36)12-17)21-9-15-5-1-3-7-19(15)29-30-20-8-4-2-6-16(20)10-22(28-25(37)13-18(34)14-26(28)38)32(30)42-43(39,40)41-31(21)29/h9-14,21,31H,1-8H2,(H,39,40)/t21?,31-/m1/s1. The zero-order chi connectivity index (χ0) is 30.2. The van der Waals surface area contributed by atoms with E-state index in [9.17, 15) is 9.46 Å². The summed E-state index contributed by atoms with van der Waals surface area (Å²) in [4.78, 5) is 11.3. The van der Waals surface area contributed by atoms with Crippen molar-refractivity contribution in [1.29, 1.82) is 0 Å². The third-order valence-electron chi connectivity index (χ3n) is 8.81. The van der Waals surface area contributed by atoms with Gasteiger partial charge in [-0.25, -0.2) is 4.57 Å². The molecule has 4 aliphatic rings. The maximum absolute atomic E-state index is 13.9. The predicted molar refractivity (Wildman–Crippen MR) is 177 cm³/mol. The fraction of sp³-hybridized carbons (Fsp3) is 0.312. The number of hydrogen-bond donors (Lipinski definition) is 1. The summed E-state index contributed by atoms with van der Waals surface area (Å²) in [5, 5.41) is 2.12. The van der Waals surface area contributed by atoms with Crippen LogP contribution in [0, 0.1) is 0 Å². The van der Waals surface area contributed by atoms with Crippen molar-refractivity contribution in [2.45, 2.75) is 63.4 Å². The van der Waals surface area contributed by atoms with Crippen LogP contribution in [0.1, 0.15) is 66.7 Å². The molecule has 0 spiro atoms. The zero-order valence-electron chi connectivity index (χ0n) is 22.7. The minimum Gasteiger partial charge on any atom is -0.403 e. The highest BCUT2D eigenvalue weighted by atomic mass is 35.5. The van der Waals surface area contributed by atoms with Crippen LogP contribution in [0.3, 0.4) is 0 Å². The van der Waals surface area contributed by atoms with Gasteiger partial charge in [-0.1, -0.05) is 75.7 Å². The molecule has 3 atom stereocenters. The summed E-state index contributed by atoms with van der Waals surface area (Å²) < 4.78 is 26.1. The first-order valence-electron chi connectivity index (χ1n) is 14.2. The second-order valence-corrected chi connectivity index (χ2v) is 15.2. The Morgan fingerprint density at radius 1 is 0.744 bits per heavy atom. The van der Waals surface area contributed by atoms with E-state index in [4.69, 9.17) is 78.7 Å². The van der Waals surface area contributed by atoms with Crippen LogP contribution < -0.4 is 4.52 Å². The highest BCUT2D eigenvalue weighted by molar-refractivity contribution is 7.48. The number of aryl methyl sites for hydroxylation is 1. The van der Waals surface area contributed by atoms with E-state index in [0.717, 1.165) is 84.8 Å². The molecule has 43 heavy (non-hydrogen) atoms. The van der Waals surface area contributed by atoms with Gasteiger partial charge in [0.25, 0.3) is 0 Å². The van der Waals surface area contributed by atoms with Crippen molar-refractivity contribution >= 4 is 83.0 Å². The number of benzene rings is 3. The van der Waals surface area contributed by atoms with Gasteiger partial charge in [-0.05, 0) is 115 Å². The molecule has 1 N–H and O–H groups in total. The Labute approximate surface area is 280 Å². The molecule has 1 aliphatic heterocycles. The number of fused-ring (bicyclic) bond motifs is 6. The van der Waals surface area contributed by atoms with Gasteiger partial charge in [-0.15, -0.1) is 0 Å². The van der Waals surface area contributed by atoms with Gasteiger partial charge < -0.3 is 4.52 Å². The quantitative estimate of drug-likeness (QED) is 0.268. The predicted octanol–water partition coefficient (Wildman–Crippen LogP) is 12.1. The summed E-state index contributed by atoms with van der Waals surface area (Å²) in [6.45, 7) is 0. The topological polar surface area (TPSA) is 55.8 Å². The second-order valence-electron chi connectivity index (χ2n) is 11.4. The van der Waals surface area contributed by atoms with Crippen molar-refractivity contribution in [3.63, 3.8) is 0 Å². The van der Waals surface area contributed by atoms with Crippen LogP contribution in [0.4, 0.5) is 0 Å². The van der Waals surface area contributed by atoms with E-state index in [1.165, 1.54) is 0 Å². The fourth-order valence-electron chi connectivity index (χ4n) is 7.12. The summed E-state index contributed by atoms with van der Waals surface area (Å²) in [7, 11) is -4.71. The Morgan fingerprint density at radius 2 is 1.35 bits per heavy atom. The summed E-state index contributed by atoms with van der Waals surface area (Å²) >= 11 is 39.6. The van der Waals surface area contributed by atoms with Gasteiger partial charge in [0.15, 0.2) is 0 Å². The smallest absolute Gasteiger partial charge is 0.403 e. The summed E-state index contributed by atoms with van der Waals surface area (Å²) in [5.74, 6) is -0.328. The van der Waals surface area contributed by atoms with Gasteiger partial charge in [-0.3, -0.25) is 9.42 Å². The van der Waals surface area contributed by atoms with Gasteiger partial charge in [0.05, 0.1) is 10.0 Å². The van der Waals surface area contributed by atoms with Crippen LogP contribution in [0.5, 0.6) is 5.75 Å². The third-order valence-corrected chi connectivity index (χ3v) is 11.4. The summed E-state index contributed by atoms with van der Waals surface area (Å²) in [6, 6.07) is 8.47. The van der Waals surface area contributed by atoms with Crippen LogP contribution >= 0.6 is 77.4 Å². The maximum Gasteiger partial charge on any atom is 0.528 e.